The fourth-order valence-corrected chi connectivity index (χ4v) is 5.73. The summed E-state index contributed by atoms with van der Waals surface area (Å²) in [5.74, 6) is -0.719. The predicted molar refractivity (Wildman–Crippen MR) is 166 cm³/mol. The molecule has 3 amide bonds. The number of alkyl halides is 3. The number of amides is 3. The molecule has 0 unspecified atom stereocenters. The van der Waals surface area contributed by atoms with Gasteiger partial charge in [-0.25, -0.2) is 19.3 Å². The Morgan fingerprint density at radius 2 is 1.91 bits per heavy atom. The third-order valence-corrected chi connectivity index (χ3v) is 8.08. The van der Waals surface area contributed by atoms with Gasteiger partial charge in [-0.15, -0.1) is 23.7 Å². The molecular formula is C27H27ClF3N6O7PS. The number of urea groups is 1. The summed E-state index contributed by atoms with van der Waals surface area (Å²) < 4.78 is 57.3. The molecule has 19 heteroatoms. The van der Waals surface area contributed by atoms with E-state index in [0.717, 1.165) is 29.6 Å². The summed E-state index contributed by atoms with van der Waals surface area (Å²) in [7, 11) is -4.74. The molecule has 1 aliphatic carbocycles. The molecule has 1 aliphatic rings. The minimum atomic E-state index is -4.74. The van der Waals surface area contributed by atoms with Gasteiger partial charge in [0.1, 0.15) is 16.4 Å². The van der Waals surface area contributed by atoms with Crippen LogP contribution in [0.25, 0.3) is 32.6 Å². The van der Waals surface area contributed by atoms with Crippen LogP contribution in [0.4, 0.5) is 23.8 Å². The van der Waals surface area contributed by atoms with Gasteiger partial charge in [0.05, 0.1) is 12.1 Å². The van der Waals surface area contributed by atoms with E-state index in [4.69, 9.17) is 9.79 Å². The Morgan fingerprint density at radius 3 is 2.54 bits per heavy atom. The first kappa shape index (κ1) is 35.0. The van der Waals surface area contributed by atoms with Crippen LogP contribution in [0.15, 0.2) is 46.8 Å². The number of phosphoric acid groups is 1. The quantitative estimate of drug-likeness (QED) is 0.113. The van der Waals surface area contributed by atoms with Crippen LogP contribution in [-0.2, 0) is 15.3 Å². The van der Waals surface area contributed by atoms with Crippen LogP contribution in [0.3, 0.4) is 0 Å². The number of carbonyl (C=O) groups excluding carboxylic acids is 2. The fraction of sp³-hybridized carbons (Fsp3) is 0.296. The molecule has 1 aromatic carbocycles. The van der Waals surface area contributed by atoms with Crippen LogP contribution >= 0.6 is 31.6 Å². The molecule has 0 bridgehead atoms. The van der Waals surface area contributed by atoms with Gasteiger partial charge in [0.2, 0.25) is 5.43 Å². The van der Waals surface area contributed by atoms with E-state index in [0.29, 0.717) is 23.2 Å². The van der Waals surface area contributed by atoms with Crippen LogP contribution in [0.5, 0.6) is 0 Å². The summed E-state index contributed by atoms with van der Waals surface area (Å²) in [5.41, 5.74) is -0.458. The van der Waals surface area contributed by atoms with Crippen molar-refractivity contribution in [3.05, 3.63) is 63.5 Å². The third-order valence-electron chi connectivity index (χ3n) is 6.68. The highest BCUT2D eigenvalue weighted by Gasteiger charge is 2.34. The van der Waals surface area contributed by atoms with E-state index in [1.807, 2.05) is 0 Å². The van der Waals surface area contributed by atoms with Crippen LogP contribution in [0.2, 0.25) is 0 Å². The van der Waals surface area contributed by atoms with Crippen molar-refractivity contribution in [2.24, 2.45) is 0 Å². The number of pyridine rings is 2. The van der Waals surface area contributed by atoms with Crippen molar-refractivity contribution in [2.45, 2.75) is 32.0 Å². The van der Waals surface area contributed by atoms with Crippen molar-refractivity contribution >= 4 is 60.2 Å². The fourth-order valence-electron chi connectivity index (χ4n) is 4.54. The molecule has 46 heavy (non-hydrogen) atoms. The molecule has 3 aromatic heterocycles. The number of anilines is 1. The van der Waals surface area contributed by atoms with Gasteiger partial charge in [-0.1, -0.05) is 6.07 Å². The van der Waals surface area contributed by atoms with Crippen LogP contribution < -0.4 is 21.4 Å². The van der Waals surface area contributed by atoms with E-state index in [2.05, 4.69) is 30.4 Å². The van der Waals surface area contributed by atoms with Gasteiger partial charge in [-0.05, 0) is 43.5 Å². The summed E-state index contributed by atoms with van der Waals surface area (Å²) in [6, 6.07) is 5.73. The molecule has 4 aromatic rings. The standard InChI is InChI=1S/C27H26F3N6O7PS.ClH/c1-2-31-26(39)35-22-10-16(25-34-21(13-45-25)27(28,29)30)18(11-33-22)14-3-6-20-17(9-14)23(37)19(12-36(20)15-4-5-15)24(38)32-7-8-43-44(40,41)42;/h3,6,9-13,15H,2,4-5,7-8H2,1H3,(H,32,38)(H2,40,41,42)(H2,31,33,35,39);1H. The maximum Gasteiger partial charge on any atom is 0.469 e. The molecule has 13 nitrogen and oxygen atoms in total. The number of carbonyl (C=O) groups is 2. The molecule has 1 fully saturated rings. The van der Waals surface area contributed by atoms with Crippen molar-refractivity contribution in [2.75, 3.05) is 25.0 Å². The first-order chi connectivity index (χ1) is 21.2. The van der Waals surface area contributed by atoms with Crippen LogP contribution in [-0.4, -0.2) is 56.0 Å². The Labute approximate surface area is 268 Å². The van der Waals surface area contributed by atoms with Crippen molar-refractivity contribution in [3.8, 4) is 21.7 Å². The number of halogens is 4. The minimum Gasteiger partial charge on any atom is -0.350 e. The van der Waals surface area contributed by atoms with Gasteiger partial charge in [0.25, 0.3) is 5.91 Å². The Morgan fingerprint density at radius 1 is 1.17 bits per heavy atom. The van der Waals surface area contributed by atoms with Crippen LogP contribution in [0, 0.1) is 0 Å². The molecule has 246 valence electrons. The van der Waals surface area contributed by atoms with E-state index in [1.165, 1.54) is 24.5 Å². The zero-order valence-electron chi connectivity index (χ0n) is 23.8. The second-order valence-corrected chi connectivity index (χ2v) is 12.1. The molecule has 3 heterocycles. The molecule has 0 aliphatic heterocycles. The smallest absolute Gasteiger partial charge is 0.350 e. The van der Waals surface area contributed by atoms with E-state index < -0.39 is 43.7 Å². The summed E-state index contributed by atoms with van der Waals surface area (Å²) in [6.45, 7) is 1.28. The van der Waals surface area contributed by atoms with Crippen LogP contribution in [0.1, 0.15) is 41.9 Å². The predicted octanol–water partition coefficient (Wildman–Crippen LogP) is 4.94. The molecule has 0 atom stereocenters. The van der Waals surface area contributed by atoms with E-state index in [-0.39, 0.29) is 52.3 Å². The SMILES string of the molecule is CCNC(=O)Nc1cc(-c2nc(C(F)(F)F)cs2)c(-c2ccc3c(c2)c(=O)c(C(=O)NCCOP(=O)(O)O)cn3C2CC2)cn1.Cl. The number of nitrogens with one attached hydrogen (secondary N) is 3. The lowest BCUT2D eigenvalue weighted by atomic mass is 9.99. The average Bonchev–Trinajstić information content (AvgIpc) is 3.68. The molecule has 0 spiro atoms. The highest BCUT2D eigenvalue weighted by atomic mass is 35.5. The molecule has 1 saturated carbocycles. The number of benzene rings is 1. The highest BCUT2D eigenvalue weighted by molar-refractivity contribution is 7.46. The first-order valence-corrected chi connectivity index (χ1v) is 15.9. The van der Waals surface area contributed by atoms with Gasteiger partial charge < -0.3 is 25.0 Å². The molecule has 0 saturated heterocycles. The third kappa shape index (κ3) is 8.10. The van der Waals surface area contributed by atoms with Crippen molar-refractivity contribution in [3.63, 3.8) is 0 Å². The molecule has 5 rings (SSSR count). The lowest BCUT2D eigenvalue weighted by Crippen LogP contribution is -2.32. The maximum absolute atomic E-state index is 13.6. The van der Waals surface area contributed by atoms with E-state index in [1.54, 1.807) is 23.6 Å². The molecule has 5 N–H and O–H groups in total. The second kappa shape index (κ2) is 13.9. The number of thiazole rings is 1. The Balaban J connectivity index is 0.00000480. The lowest BCUT2D eigenvalue weighted by molar-refractivity contribution is -0.140. The Hall–Kier alpha value is -3.86. The van der Waals surface area contributed by atoms with Crippen molar-refractivity contribution in [1.82, 2.24) is 25.2 Å². The number of phosphoric ester groups is 1. The number of rotatable bonds is 10. The summed E-state index contributed by atoms with van der Waals surface area (Å²) in [6.07, 6.45) is -0.263. The normalized spacial score (nSPS) is 13.3. The zero-order valence-corrected chi connectivity index (χ0v) is 26.4. The molecular weight excluding hydrogens is 676 g/mol. The maximum atomic E-state index is 13.6. The second-order valence-electron chi connectivity index (χ2n) is 9.96. The van der Waals surface area contributed by atoms with Gasteiger partial charge in [-0.2, -0.15) is 13.2 Å². The highest BCUT2D eigenvalue weighted by Crippen LogP contribution is 2.41. The summed E-state index contributed by atoms with van der Waals surface area (Å²) in [5, 5.41) is 8.52. The Bertz CT molecular complexity index is 1890. The van der Waals surface area contributed by atoms with Gasteiger partial charge in [0, 0.05) is 53.4 Å². The number of aromatic nitrogens is 3. The number of nitrogens with zero attached hydrogens (tertiary/aromatic N) is 3. The average molecular weight is 703 g/mol. The number of hydrogen-bond donors (Lipinski definition) is 5. The number of hydrogen-bond acceptors (Lipinski definition) is 8. The minimum absolute atomic E-state index is 0. The van der Waals surface area contributed by atoms with E-state index >= 15 is 0 Å². The largest absolute Gasteiger partial charge is 0.469 e. The van der Waals surface area contributed by atoms with Gasteiger partial charge >= 0.3 is 20.0 Å². The van der Waals surface area contributed by atoms with Gasteiger partial charge in [-0.3, -0.25) is 19.4 Å². The summed E-state index contributed by atoms with van der Waals surface area (Å²) in [4.78, 5) is 64.4. The lowest BCUT2D eigenvalue weighted by Gasteiger charge is -2.15. The zero-order chi connectivity index (χ0) is 32.5. The van der Waals surface area contributed by atoms with E-state index in [9.17, 15) is 32.1 Å². The number of fused-ring (bicyclic) bond motifs is 1. The first-order valence-electron chi connectivity index (χ1n) is 13.5. The van der Waals surface area contributed by atoms with Crippen molar-refractivity contribution in [1.29, 1.82) is 0 Å². The topological polar surface area (TPSA) is 185 Å². The monoisotopic (exact) mass is 702 g/mol. The Kier molecular flexibility index (Phi) is 10.6. The summed E-state index contributed by atoms with van der Waals surface area (Å²) >= 11 is 0.750. The van der Waals surface area contributed by atoms with Gasteiger partial charge in [0.15, 0.2) is 5.69 Å². The molecule has 0 radical (unpaired) electrons. The van der Waals surface area contributed by atoms with Crippen molar-refractivity contribution < 1.29 is 41.6 Å².